The lowest BCUT2D eigenvalue weighted by Gasteiger charge is -2.31. The fraction of sp³-hybridized carbons (Fsp3) is 0.375. The quantitative estimate of drug-likeness (QED) is 0.848. The van der Waals surface area contributed by atoms with E-state index in [1.807, 2.05) is 23.7 Å². The summed E-state index contributed by atoms with van der Waals surface area (Å²) in [7, 11) is 0. The Balaban J connectivity index is 1.48. The van der Waals surface area contributed by atoms with Gasteiger partial charge in [0.25, 0.3) is 0 Å². The van der Waals surface area contributed by atoms with E-state index < -0.39 is 0 Å². The molecule has 0 N–H and O–H groups in total. The second kappa shape index (κ2) is 7.36. The van der Waals surface area contributed by atoms with Crippen LogP contribution >= 0.6 is 11.3 Å². The molecule has 1 fully saturated rings. The van der Waals surface area contributed by atoms with Gasteiger partial charge >= 0.3 is 0 Å². The molecule has 1 aliphatic heterocycles. The van der Waals surface area contributed by atoms with Crippen LogP contribution in [0.4, 0.5) is 0 Å². The minimum atomic E-state index is 0.0654. The van der Waals surface area contributed by atoms with Crippen LogP contribution in [0.25, 0.3) is 0 Å². The second-order valence-corrected chi connectivity index (χ2v) is 5.94. The predicted octanol–water partition coefficient (Wildman–Crippen LogP) is 2.47. The molecule has 0 unspecified atom stereocenters. The highest BCUT2D eigenvalue weighted by molar-refractivity contribution is 7.09. The molecule has 2 aromatic rings. The van der Waals surface area contributed by atoms with E-state index in [1.165, 1.54) is 0 Å². The Morgan fingerprint density at radius 3 is 3.27 bits per heavy atom. The molecule has 6 heteroatoms. The summed E-state index contributed by atoms with van der Waals surface area (Å²) in [6.45, 7) is 3.90. The lowest BCUT2D eigenvalue weighted by Crippen LogP contribution is -2.40. The van der Waals surface area contributed by atoms with E-state index in [2.05, 4.69) is 16.0 Å². The predicted molar refractivity (Wildman–Crippen MR) is 83.9 cm³/mol. The van der Waals surface area contributed by atoms with Gasteiger partial charge in [-0.2, -0.15) is 5.26 Å². The van der Waals surface area contributed by atoms with E-state index in [-0.39, 0.29) is 6.10 Å². The average Bonchev–Trinajstić information content (AvgIpc) is 3.10. The molecule has 1 saturated heterocycles. The van der Waals surface area contributed by atoms with Gasteiger partial charge in [0, 0.05) is 31.2 Å². The number of ether oxygens (including phenoxy) is 2. The summed E-state index contributed by atoms with van der Waals surface area (Å²) in [6, 6.07) is 9.36. The first kappa shape index (κ1) is 15.0. The fourth-order valence-corrected chi connectivity index (χ4v) is 3.07. The van der Waals surface area contributed by atoms with Crippen LogP contribution in [-0.2, 0) is 4.74 Å². The topological polar surface area (TPSA) is 58.4 Å². The Morgan fingerprint density at radius 1 is 1.50 bits per heavy atom. The van der Waals surface area contributed by atoms with Crippen LogP contribution in [0.1, 0.15) is 16.7 Å². The summed E-state index contributed by atoms with van der Waals surface area (Å²) in [4.78, 5) is 6.65. The molecule has 1 aromatic heterocycles. The normalized spacial score (nSPS) is 18.8. The molecular formula is C16H17N3O2S. The number of rotatable bonds is 5. The number of nitrogens with zero attached hydrogens (tertiary/aromatic N) is 3. The molecule has 1 atom stereocenters. The smallest absolute Gasteiger partial charge is 0.123 e. The molecular weight excluding hydrogens is 298 g/mol. The zero-order chi connectivity index (χ0) is 15.2. The van der Waals surface area contributed by atoms with Crippen molar-refractivity contribution >= 4 is 11.3 Å². The van der Waals surface area contributed by atoms with Gasteiger partial charge in [0.2, 0.25) is 0 Å². The van der Waals surface area contributed by atoms with Crippen LogP contribution in [0.3, 0.4) is 0 Å². The molecule has 3 rings (SSSR count). The van der Waals surface area contributed by atoms with Crippen LogP contribution in [0.2, 0.25) is 0 Å². The van der Waals surface area contributed by atoms with E-state index in [4.69, 9.17) is 14.7 Å². The van der Waals surface area contributed by atoms with Crippen LogP contribution in [0.5, 0.6) is 5.75 Å². The SMILES string of the molecule is N#Cc1cccc(OCCN2CCO[C@H](c3nccs3)C2)c1. The van der Waals surface area contributed by atoms with Gasteiger partial charge in [-0.3, -0.25) is 4.90 Å². The zero-order valence-corrected chi connectivity index (χ0v) is 13.0. The highest BCUT2D eigenvalue weighted by atomic mass is 32.1. The maximum absolute atomic E-state index is 8.88. The van der Waals surface area contributed by atoms with Crippen molar-refractivity contribution < 1.29 is 9.47 Å². The molecule has 0 radical (unpaired) electrons. The van der Waals surface area contributed by atoms with Crippen molar-refractivity contribution in [3.63, 3.8) is 0 Å². The molecule has 5 nitrogen and oxygen atoms in total. The third kappa shape index (κ3) is 3.83. The first-order valence-corrected chi connectivity index (χ1v) is 8.09. The van der Waals surface area contributed by atoms with Crippen molar-refractivity contribution in [1.82, 2.24) is 9.88 Å². The third-order valence-electron chi connectivity index (χ3n) is 3.52. The molecule has 1 aromatic carbocycles. The van der Waals surface area contributed by atoms with Crippen LogP contribution in [0, 0.1) is 11.3 Å². The molecule has 0 bridgehead atoms. The molecule has 0 saturated carbocycles. The Hall–Kier alpha value is -1.94. The molecule has 2 heterocycles. The number of hydrogen-bond donors (Lipinski definition) is 0. The molecule has 0 spiro atoms. The van der Waals surface area contributed by atoms with Crippen LogP contribution in [0.15, 0.2) is 35.8 Å². The number of hydrogen-bond acceptors (Lipinski definition) is 6. The highest BCUT2D eigenvalue weighted by Gasteiger charge is 2.23. The third-order valence-corrected chi connectivity index (χ3v) is 4.38. The van der Waals surface area contributed by atoms with Gasteiger partial charge in [-0.05, 0) is 18.2 Å². The van der Waals surface area contributed by atoms with Gasteiger partial charge in [0.15, 0.2) is 0 Å². The minimum absolute atomic E-state index is 0.0654. The number of nitriles is 1. The lowest BCUT2D eigenvalue weighted by atomic mass is 10.2. The summed E-state index contributed by atoms with van der Waals surface area (Å²) in [6.07, 6.45) is 1.88. The second-order valence-electron chi connectivity index (χ2n) is 5.02. The summed E-state index contributed by atoms with van der Waals surface area (Å²) >= 11 is 1.63. The number of aromatic nitrogens is 1. The Bertz CT molecular complexity index is 639. The van der Waals surface area contributed by atoms with Gasteiger partial charge in [-0.25, -0.2) is 4.98 Å². The van der Waals surface area contributed by atoms with Crippen molar-refractivity contribution in [3.8, 4) is 11.8 Å². The summed E-state index contributed by atoms with van der Waals surface area (Å²) in [5, 5.41) is 11.9. The zero-order valence-electron chi connectivity index (χ0n) is 12.1. The van der Waals surface area contributed by atoms with E-state index in [0.717, 1.165) is 30.4 Å². The van der Waals surface area contributed by atoms with Crippen LogP contribution < -0.4 is 4.74 Å². The van der Waals surface area contributed by atoms with E-state index in [1.54, 1.807) is 23.5 Å². The molecule has 0 amide bonds. The van der Waals surface area contributed by atoms with Crippen molar-refractivity contribution in [2.75, 3.05) is 32.8 Å². The molecule has 114 valence electrons. The van der Waals surface area contributed by atoms with Crippen molar-refractivity contribution in [1.29, 1.82) is 5.26 Å². The Kier molecular flexibility index (Phi) is 5.01. The van der Waals surface area contributed by atoms with E-state index in [9.17, 15) is 0 Å². The van der Waals surface area contributed by atoms with Gasteiger partial charge in [-0.15, -0.1) is 11.3 Å². The van der Waals surface area contributed by atoms with Crippen LogP contribution in [-0.4, -0.2) is 42.7 Å². The Labute approximate surface area is 133 Å². The average molecular weight is 315 g/mol. The summed E-state index contributed by atoms with van der Waals surface area (Å²) in [5.74, 6) is 0.740. The van der Waals surface area contributed by atoms with Crippen molar-refractivity contribution in [2.45, 2.75) is 6.10 Å². The van der Waals surface area contributed by atoms with Crippen molar-refractivity contribution in [3.05, 3.63) is 46.4 Å². The van der Waals surface area contributed by atoms with E-state index in [0.29, 0.717) is 18.8 Å². The maximum atomic E-state index is 8.88. The van der Waals surface area contributed by atoms with Crippen molar-refractivity contribution in [2.24, 2.45) is 0 Å². The molecule has 22 heavy (non-hydrogen) atoms. The monoisotopic (exact) mass is 315 g/mol. The lowest BCUT2D eigenvalue weighted by molar-refractivity contribution is -0.0329. The number of morpholine rings is 1. The standard InChI is InChI=1S/C16H17N3O2S/c17-11-13-2-1-3-14(10-13)20-7-5-19-6-8-21-15(12-19)16-18-4-9-22-16/h1-4,9-10,15H,5-8,12H2/t15-/m0/s1. The van der Waals surface area contributed by atoms with Gasteiger partial charge in [0.05, 0.1) is 18.2 Å². The maximum Gasteiger partial charge on any atom is 0.123 e. The minimum Gasteiger partial charge on any atom is -0.492 e. The van der Waals surface area contributed by atoms with E-state index >= 15 is 0 Å². The van der Waals surface area contributed by atoms with Gasteiger partial charge < -0.3 is 9.47 Å². The number of benzene rings is 1. The summed E-state index contributed by atoms with van der Waals surface area (Å²) < 4.78 is 11.5. The number of thiazole rings is 1. The summed E-state index contributed by atoms with van der Waals surface area (Å²) in [5.41, 5.74) is 0.618. The highest BCUT2D eigenvalue weighted by Crippen LogP contribution is 2.23. The first-order valence-electron chi connectivity index (χ1n) is 7.21. The first-order chi connectivity index (χ1) is 10.8. The fourth-order valence-electron chi connectivity index (χ4n) is 2.40. The largest absolute Gasteiger partial charge is 0.492 e. The van der Waals surface area contributed by atoms with Gasteiger partial charge in [0.1, 0.15) is 23.5 Å². The molecule has 1 aliphatic rings. The van der Waals surface area contributed by atoms with Gasteiger partial charge in [-0.1, -0.05) is 6.07 Å². The Morgan fingerprint density at radius 2 is 2.45 bits per heavy atom. The molecule has 0 aliphatic carbocycles.